The zero-order valence-electron chi connectivity index (χ0n) is 9.34. The second-order valence-corrected chi connectivity index (χ2v) is 3.37. The number of nitrogens with two attached hydrogens (primary N) is 4. The highest BCUT2D eigenvalue weighted by atomic mass is 16.1. The molecule has 90 valence electrons. The molecule has 0 fully saturated rings. The predicted octanol–water partition coefficient (Wildman–Crippen LogP) is -0.686. The first-order chi connectivity index (χ1) is 7.90. The maximum absolute atomic E-state index is 11.0. The van der Waals surface area contributed by atoms with Crippen LogP contribution in [-0.4, -0.2) is 17.8 Å². The number of aliphatic imine (C=N–C) groups is 2. The number of guanidine groups is 2. The first kappa shape index (κ1) is 12.5. The van der Waals surface area contributed by atoms with Crippen molar-refractivity contribution in [2.75, 3.05) is 0 Å². The van der Waals surface area contributed by atoms with E-state index < -0.39 is 5.91 Å². The molecule has 0 aliphatic heterocycles. The van der Waals surface area contributed by atoms with Crippen LogP contribution in [0.4, 0.5) is 5.69 Å². The Labute approximate surface area is 98.2 Å². The van der Waals surface area contributed by atoms with Gasteiger partial charge in [0.1, 0.15) is 0 Å². The second kappa shape index (κ2) is 4.97. The predicted molar refractivity (Wildman–Crippen MR) is 66.8 cm³/mol. The molecule has 1 aromatic carbocycles. The Morgan fingerprint density at radius 3 is 2.35 bits per heavy atom. The van der Waals surface area contributed by atoms with Gasteiger partial charge in [-0.1, -0.05) is 6.07 Å². The first-order valence-electron chi connectivity index (χ1n) is 4.74. The molecule has 1 rings (SSSR count). The van der Waals surface area contributed by atoms with E-state index in [0.717, 1.165) is 5.56 Å². The van der Waals surface area contributed by atoms with Crippen molar-refractivity contribution in [2.24, 2.45) is 32.9 Å². The summed E-state index contributed by atoms with van der Waals surface area (Å²) in [6.45, 7) is 1.81. The molecule has 0 spiro atoms. The van der Waals surface area contributed by atoms with Crippen molar-refractivity contribution in [2.45, 2.75) is 6.92 Å². The van der Waals surface area contributed by atoms with Crippen molar-refractivity contribution in [3.8, 4) is 0 Å². The Hall–Kier alpha value is -2.57. The summed E-state index contributed by atoms with van der Waals surface area (Å²) in [4.78, 5) is 18.6. The van der Waals surface area contributed by atoms with Gasteiger partial charge in [0.2, 0.25) is 11.9 Å². The van der Waals surface area contributed by atoms with Gasteiger partial charge in [-0.05, 0) is 24.6 Å². The molecule has 0 radical (unpaired) electrons. The molecular weight excluding hydrogens is 220 g/mol. The molecule has 0 aliphatic rings. The Morgan fingerprint density at radius 2 is 1.82 bits per heavy atom. The number of amides is 1. The Kier molecular flexibility index (Phi) is 3.66. The van der Waals surface area contributed by atoms with Gasteiger partial charge in [0.05, 0.1) is 5.69 Å². The third kappa shape index (κ3) is 3.49. The minimum atomic E-state index is -0.540. The van der Waals surface area contributed by atoms with E-state index in [1.54, 1.807) is 12.1 Å². The van der Waals surface area contributed by atoms with Gasteiger partial charge in [-0.3, -0.25) is 4.79 Å². The van der Waals surface area contributed by atoms with E-state index in [4.69, 9.17) is 22.9 Å². The summed E-state index contributed by atoms with van der Waals surface area (Å²) in [7, 11) is 0. The molecule has 0 aliphatic carbocycles. The number of rotatable bonds is 2. The van der Waals surface area contributed by atoms with E-state index in [1.807, 2.05) is 6.92 Å². The Balaban J connectivity index is 3.18. The fourth-order valence-corrected chi connectivity index (χ4v) is 1.16. The maximum Gasteiger partial charge on any atom is 0.248 e. The van der Waals surface area contributed by atoms with Crippen molar-refractivity contribution >= 4 is 23.5 Å². The van der Waals surface area contributed by atoms with Gasteiger partial charge in [-0.25, -0.2) is 4.99 Å². The number of hydrogen-bond acceptors (Lipinski definition) is 2. The lowest BCUT2D eigenvalue weighted by molar-refractivity contribution is 0.100. The molecule has 8 N–H and O–H groups in total. The lowest BCUT2D eigenvalue weighted by atomic mass is 10.1. The summed E-state index contributed by atoms with van der Waals surface area (Å²) in [5.41, 5.74) is 22.6. The highest BCUT2D eigenvalue weighted by Crippen LogP contribution is 2.19. The van der Waals surface area contributed by atoms with Crippen molar-refractivity contribution in [3.05, 3.63) is 29.3 Å². The van der Waals surface area contributed by atoms with Crippen LogP contribution in [0.25, 0.3) is 0 Å². The molecular formula is C10H14N6O. The highest BCUT2D eigenvalue weighted by Gasteiger charge is 2.04. The number of carbonyl (C=O) groups excluding carboxylic acids is 1. The number of carbonyl (C=O) groups is 1. The van der Waals surface area contributed by atoms with Crippen LogP contribution in [0.3, 0.4) is 0 Å². The highest BCUT2D eigenvalue weighted by molar-refractivity contribution is 5.96. The van der Waals surface area contributed by atoms with Crippen molar-refractivity contribution in [1.29, 1.82) is 0 Å². The van der Waals surface area contributed by atoms with E-state index in [-0.39, 0.29) is 11.9 Å². The molecule has 0 aromatic heterocycles. The van der Waals surface area contributed by atoms with Crippen LogP contribution in [0.15, 0.2) is 28.2 Å². The molecule has 0 unspecified atom stereocenters. The van der Waals surface area contributed by atoms with Gasteiger partial charge in [-0.15, -0.1) is 0 Å². The smallest absolute Gasteiger partial charge is 0.248 e. The number of hydrogen-bond donors (Lipinski definition) is 4. The fourth-order valence-electron chi connectivity index (χ4n) is 1.16. The Morgan fingerprint density at radius 1 is 1.18 bits per heavy atom. The molecule has 0 saturated carbocycles. The summed E-state index contributed by atoms with van der Waals surface area (Å²) in [6.07, 6.45) is 0. The molecule has 1 amide bonds. The molecule has 0 heterocycles. The molecule has 7 nitrogen and oxygen atoms in total. The second-order valence-electron chi connectivity index (χ2n) is 3.37. The normalized spacial score (nSPS) is 11.0. The zero-order valence-corrected chi connectivity index (χ0v) is 9.34. The topological polar surface area (TPSA) is 146 Å². The van der Waals surface area contributed by atoms with Crippen LogP contribution in [0.5, 0.6) is 0 Å². The summed E-state index contributed by atoms with van der Waals surface area (Å²) in [5.74, 6) is -0.813. The number of primary amides is 1. The van der Waals surface area contributed by atoms with Gasteiger partial charge < -0.3 is 22.9 Å². The molecule has 0 saturated heterocycles. The van der Waals surface area contributed by atoms with Gasteiger partial charge >= 0.3 is 0 Å². The quantitative estimate of drug-likeness (QED) is 0.396. The average molecular weight is 234 g/mol. The maximum atomic E-state index is 11.0. The first-order valence-corrected chi connectivity index (χ1v) is 4.74. The lowest BCUT2D eigenvalue weighted by Gasteiger charge is -2.03. The monoisotopic (exact) mass is 234 g/mol. The standard InChI is InChI=1S/C10H14N6O/c1-5-2-3-6(8(11)17)4-7(5)15-10(14)16-9(12)13/h2-4H,1H3,(H2,11,17)(H6,12,13,14,15,16). The third-order valence-electron chi connectivity index (χ3n) is 1.97. The Bertz CT molecular complexity index is 502. The van der Waals surface area contributed by atoms with Gasteiger partial charge in [0.25, 0.3) is 0 Å². The van der Waals surface area contributed by atoms with Crippen LogP contribution in [0.2, 0.25) is 0 Å². The summed E-state index contributed by atoms with van der Waals surface area (Å²) >= 11 is 0. The van der Waals surface area contributed by atoms with E-state index in [1.165, 1.54) is 6.07 Å². The summed E-state index contributed by atoms with van der Waals surface area (Å²) in [5, 5.41) is 0. The lowest BCUT2D eigenvalue weighted by Crippen LogP contribution is -2.26. The van der Waals surface area contributed by atoms with Crippen LogP contribution in [0, 0.1) is 6.92 Å². The van der Waals surface area contributed by atoms with Gasteiger partial charge in [0.15, 0.2) is 5.96 Å². The molecule has 0 bridgehead atoms. The van der Waals surface area contributed by atoms with E-state index in [2.05, 4.69) is 9.98 Å². The SMILES string of the molecule is Cc1ccc(C(N)=O)cc1N=C(N)N=C(N)N. The van der Waals surface area contributed by atoms with Crippen molar-refractivity contribution in [1.82, 2.24) is 0 Å². The zero-order chi connectivity index (χ0) is 13.0. The van der Waals surface area contributed by atoms with Crippen LogP contribution in [0.1, 0.15) is 15.9 Å². The molecule has 1 aromatic rings. The van der Waals surface area contributed by atoms with Gasteiger partial charge in [-0.2, -0.15) is 4.99 Å². The van der Waals surface area contributed by atoms with Crippen LogP contribution < -0.4 is 22.9 Å². The van der Waals surface area contributed by atoms with Crippen molar-refractivity contribution < 1.29 is 4.79 Å². The molecule has 0 atom stereocenters. The molecule has 7 heteroatoms. The van der Waals surface area contributed by atoms with Crippen LogP contribution >= 0.6 is 0 Å². The van der Waals surface area contributed by atoms with E-state index in [9.17, 15) is 4.79 Å². The van der Waals surface area contributed by atoms with Crippen LogP contribution in [-0.2, 0) is 0 Å². The summed E-state index contributed by atoms with van der Waals surface area (Å²) in [6, 6.07) is 4.84. The largest absolute Gasteiger partial charge is 0.370 e. The molecule has 17 heavy (non-hydrogen) atoms. The number of aryl methyl sites for hydroxylation is 1. The third-order valence-corrected chi connectivity index (χ3v) is 1.97. The van der Waals surface area contributed by atoms with E-state index in [0.29, 0.717) is 11.3 Å². The number of nitrogens with zero attached hydrogens (tertiary/aromatic N) is 2. The van der Waals surface area contributed by atoms with Gasteiger partial charge in [0, 0.05) is 5.56 Å². The average Bonchev–Trinajstić information content (AvgIpc) is 2.19. The van der Waals surface area contributed by atoms with E-state index >= 15 is 0 Å². The summed E-state index contributed by atoms with van der Waals surface area (Å²) < 4.78 is 0. The minimum absolute atomic E-state index is 0.0882. The number of benzene rings is 1. The van der Waals surface area contributed by atoms with Crippen molar-refractivity contribution in [3.63, 3.8) is 0 Å². The fraction of sp³-hybridized carbons (Fsp3) is 0.100. The minimum Gasteiger partial charge on any atom is -0.370 e.